The zero-order valence-corrected chi connectivity index (χ0v) is 7.43. The Morgan fingerprint density at radius 2 is 2.42 bits per heavy atom. The number of fused-ring (bicyclic) bond motifs is 1. The van der Waals surface area contributed by atoms with Gasteiger partial charge in [0.25, 0.3) is 0 Å². The molecule has 1 atom stereocenters. The van der Waals surface area contributed by atoms with E-state index in [2.05, 4.69) is 0 Å². The summed E-state index contributed by atoms with van der Waals surface area (Å²) in [6, 6.07) is 0. The van der Waals surface area contributed by atoms with Crippen molar-refractivity contribution >= 4 is 17.7 Å². The van der Waals surface area contributed by atoms with Crippen molar-refractivity contribution in [2.24, 2.45) is 5.92 Å². The number of carboxylic acids is 1. The molecule has 12 heavy (non-hydrogen) atoms. The van der Waals surface area contributed by atoms with Gasteiger partial charge in [0.15, 0.2) is 0 Å². The number of carbonyl (C=O) groups is 1. The molecule has 1 aliphatic carbocycles. The Morgan fingerprint density at radius 1 is 1.58 bits per heavy atom. The minimum atomic E-state index is -0.762. The number of aliphatic carboxylic acids is 1. The summed E-state index contributed by atoms with van der Waals surface area (Å²) in [7, 11) is 0. The minimum absolute atomic E-state index is 0.506. The van der Waals surface area contributed by atoms with Crippen LogP contribution in [0.5, 0.6) is 0 Å². The monoisotopic (exact) mass is 182 g/mol. The maximum absolute atomic E-state index is 10.6. The molecule has 2 nitrogen and oxygen atoms in total. The van der Waals surface area contributed by atoms with Gasteiger partial charge in [-0.05, 0) is 29.4 Å². The summed E-state index contributed by atoms with van der Waals surface area (Å²) in [5, 5.41) is 8.75. The minimum Gasteiger partial charge on any atom is -0.478 e. The van der Waals surface area contributed by atoms with Gasteiger partial charge in [-0.25, -0.2) is 4.79 Å². The van der Waals surface area contributed by atoms with Gasteiger partial charge in [-0.2, -0.15) is 0 Å². The predicted molar refractivity (Wildman–Crippen MR) is 49.0 cm³/mol. The topological polar surface area (TPSA) is 37.3 Å². The zero-order chi connectivity index (χ0) is 8.55. The Labute approximate surface area is 75.3 Å². The maximum atomic E-state index is 10.6. The first kappa shape index (κ1) is 7.92. The van der Waals surface area contributed by atoms with E-state index < -0.39 is 5.97 Å². The van der Waals surface area contributed by atoms with Gasteiger partial charge < -0.3 is 5.11 Å². The van der Waals surface area contributed by atoms with E-state index in [-0.39, 0.29) is 0 Å². The van der Waals surface area contributed by atoms with Crippen LogP contribution in [0.4, 0.5) is 0 Å². The van der Waals surface area contributed by atoms with E-state index in [0.29, 0.717) is 11.5 Å². The van der Waals surface area contributed by atoms with Crippen molar-refractivity contribution in [1.82, 2.24) is 0 Å². The van der Waals surface area contributed by atoms with Gasteiger partial charge in [-0.15, -0.1) is 11.8 Å². The fourth-order valence-corrected chi connectivity index (χ4v) is 2.88. The average Bonchev–Trinajstić information content (AvgIpc) is 2.49. The number of thioether (sulfide) groups is 1. The van der Waals surface area contributed by atoms with Gasteiger partial charge in [-0.1, -0.05) is 12.2 Å². The summed E-state index contributed by atoms with van der Waals surface area (Å²) in [6.45, 7) is 0. The highest BCUT2D eigenvalue weighted by atomic mass is 32.2. The number of hydrogen-bond acceptors (Lipinski definition) is 2. The fourth-order valence-electron chi connectivity index (χ4n) is 1.64. The molecule has 1 aliphatic heterocycles. The van der Waals surface area contributed by atoms with Crippen molar-refractivity contribution in [1.29, 1.82) is 0 Å². The van der Waals surface area contributed by atoms with Crippen molar-refractivity contribution in [2.75, 3.05) is 5.75 Å². The molecule has 0 aromatic heterocycles. The van der Waals surface area contributed by atoms with Crippen LogP contribution in [0.15, 0.2) is 22.6 Å². The van der Waals surface area contributed by atoms with Crippen LogP contribution in [-0.4, -0.2) is 16.8 Å². The van der Waals surface area contributed by atoms with Crippen LogP contribution in [0.3, 0.4) is 0 Å². The van der Waals surface area contributed by atoms with Gasteiger partial charge in [0.1, 0.15) is 0 Å². The normalized spacial score (nSPS) is 27.5. The predicted octanol–water partition coefficient (Wildman–Crippen LogP) is 2.04. The van der Waals surface area contributed by atoms with Crippen LogP contribution in [0.2, 0.25) is 0 Å². The lowest BCUT2D eigenvalue weighted by Gasteiger charge is -2.14. The van der Waals surface area contributed by atoms with Gasteiger partial charge in [0.2, 0.25) is 0 Å². The fraction of sp³-hybridized carbons (Fsp3) is 0.444. The molecule has 0 amide bonds. The molecular weight excluding hydrogens is 172 g/mol. The second-order valence-corrected chi connectivity index (χ2v) is 4.27. The maximum Gasteiger partial charge on any atom is 0.331 e. The molecule has 1 saturated heterocycles. The van der Waals surface area contributed by atoms with Crippen molar-refractivity contribution in [3.63, 3.8) is 0 Å². The van der Waals surface area contributed by atoms with Crippen LogP contribution >= 0.6 is 11.8 Å². The highest BCUT2D eigenvalue weighted by Crippen LogP contribution is 2.41. The molecule has 0 bridgehead atoms. The zero-order valence-electron chi connectivity index (χ0n) is 6.62. The lowest BCUT2D eigenvalue weighted by atomic mass is 9.92. The Morgan fingerprint density at radius 3 is 3.17 bits per heavy atom. The van der Waals surface area contributed by atoms with Crippen LogP contribution < -0.4 is 0 Å². The largest absolute Gasteiger partial charge is 0.478 e. The summed E-state index contributed by atoms with van der Waals surface area (Å²) < 4.78 is 0. The Balaban J connectivity index is 2.20. The third kappa shape index (κ3) is 1.29. The van der Waals surface area contributed by atoms with Crippen LogP contribution in [0, 0.1) is 5.92 Å². The molecule has 0 aromatic rings. The van der Waals surface area contributed by atoms with E-state index in [9.17, 15) is 4.79 Å². The Hall–Kier alpha value is -0.700. The molecule has 64 valence electrons. The number of allylic oxidation sites excluding steroid dienone is 3. The molecule has 0 radical (unpaired) electrons. The molecule has 1 fully saturated rings. The molecule has 2 rings (SSSR count). The molecule has 0 spiro atoms. The molecule has 2 aliphatic rings. The van der Waals surface area contributed by atoms with E-state index in [4.69, 9.17) is 5.11 Å². The van der Waals surface area contributed by atoms with Gasteiger partial charge in [0.05, 0.1) is 0 Å². The molecule has 0 aromatic carbocycles. The van der Waals surface area contributed by atoms with E-state index >= 15 is 0 Å². The van der Waals surface area contributed by atoms with Crippen molar-refractivity contribution < 1.29 is 9.90 Å². The van der Waals surface area contributed by atoms with Crippen LogP contribution in [0.25, 0.3) is 0 Å². The van der Waals surface area contributed by atoms with Crippen molar-refractivity contribution in [3.8, 4) is 0 Å². The highest BCUT2D eigenvalue weighted by molar-refractivity contribution is 8.03. The Bertz CT molecular complexity index is 278. The van der Waals surface area contributed by atoms with E-state index in [1.165, 1.54) is 4.91 Å². The molecule has 1 unspecified atom stereocenters. The average molecular weight is 182 g/mol. The summed E-state index contributed by atoms with van der Waals surface area (Å²) in [5.74, 6) is 0.894. The van der Waals surface area contributed by atoms with Gasteiger partial charge >= 0.3 is 5.97 Å². The lowest BCUT2D eigenvalue weighted by Crippen LogP contribution is -2.09. The molecule has 0 saturated carbocycles. The van der Waals surface area contributed by atoms with E-state index in [0.717, 1.165) is 18.6 Å². The van der Waals surface area contributed by atoms with Crippen LogP contribution in [0.1, 0.15) is 12.8 Å². The third-order valence-electron chi connectivity index (χ3n) is 2.33. The summed E-state index contributed by atoms with van der Waals surface area (Å²) in [4.78, 5) is 12.0. The number of carboxylic acid groups (broad SMARTS) is 1. The second kappa shape index (κ2) is 2.98. The van der Waals surface area contributed by atoms with Gasteiger partial charge in [0, 0.05) is 5.57 Å². The number of rotatable bonds is 1. The molecule has 1 heterocycles. The quantitative estimate of drug-likeness (QED) is 0.674. The van der Waals surface area contributed by atoms with Crippen molar-refractivity contribution in [2.45, 2.75) is 12.8 Å². The summed E-state index contributed by atoms with van der Waals surface area (Å²) in [5.41, 5.74) is 0.561. The molecule has 1 N–H and O–H groups in total. The smallest absolute Gasteiger partial charge is 0.331 e. The third-order valence-corrected chi connectivity index (χ3v) is 3.57. The first-order valence-corrected chi connectivity index (χ1v) is 5.03. The Kier molecular flexibility index (Phi) is 1.97. The van der Waals surface area contributed by atoms with Crippen molar-refractivity contribution in [3.05, 3.63) is 22.6 Å². The number of hydrogen-bond donors (Lipinski definition) is 1. The van der Waals surface area contributed by atoms with E-state index in [1.807, 2.05) is 17.8 Å². The van der Waals surface area contributed by atoms with Crippen LogP contribution in [-0.2, 0) is 4.79 Å². The summed E-state index contributed by atoms with van der Waals surface area (Å²) in [6.07, 6.45) is 5.58. The van der Waals surface area contributed by atoms with E-state index in [1.54, 1.807) is 6.08 Å². The second-order valence-electron chi connectivity index (χ2n) is 3.10. The highest BCUT2D eigenvalue weighted by Gasteiger charge is 2.26. The lowest BCUT2D eigenvalue weighted by molar-refractivity contribution is -0.132. The SMILES string of the molecule is O=C(O)C1=CC=C2SCCC2C1. The first-order valence-electron chi connectivity index (χ1n) is 4.04. The first-order chi connectivity index (χ1) is 5.77. The molecular formula is C9H10O2S. The summed E-state index contributed by atoms with van der Waals surface area (Å²) >= 11 is 1.86. The standard InChI is InChI=1S/C9H10O2S/c10-9(11)7-1-2-8-6(5-7)3-4-12-8/h1-2,6H,3-5H2,(H,10,11). The molecule has 3 heteroatoms. The van der Waals surface area contributed by atoms with Gasteiger partial charge in [-0.3, -0.25) is 0 Å².